The van der Waals surface area contributed by atoms with Crippen LogP contribution in [0.3, 0.4) is 0 Å². The third kappa shape index (κ3) is 6.09. The molecule has 37 heavy (non-hydrogen) atoms. The predicted molar refractivity (Wildman–Crippen MR) is 123 cm³/mol. The fourth-order valence-corrected chi connectivity index (χ4v) is 4.97. The summed E-state index contributed by atoms with van der Waals surface area (Å²) in [5, 5.41) is 5.90. The van der Waals surface area contributed by atoms with E-state index in [2.05, 4.69) is 10.1 Å². The van der Waals surface area contributed by atoms with Gasteiger partial charge in [0.25, 0.3) is 12.9 Å². The summed E-state index contributed by atoms with van der Waals surface area (Å²) >= 11 is 1.34. The van der Waals surface area contributed by atoms with Crippen molar-refractivity contribution in [2.45, 2.75) is 38.2 Å². The Labute approximate surface area is 211 Å². The van der Waals surface area contributed by atoms with Gasteiger partial charge in [0.15, 0.2) is 5.78 Å². The molecule has 0 N–H and O–H groups in total. The summed E-state index contributed by atoms with van der Waals surface area (Å²) in [6, 6.07) is 3.76. The molecule has 6 nitrogen and oxygen atoms in total. The number of allylic oxidation sites excluding steroid dienone is 1. The van der Waals surface area contributed by atoms with Gasteiger partial charge in [-0.2, -0.15) is 5.10 Å². The molecule has 1 aliphatic rings. The molecular weight excluding hydrogens is 522 g/mol. The third-order valence-corrected chi connectivity index (χ3v) is 6.94. The van der Waals surface area contributed by atoms with Gasteiger partial charge in [-0.3, -0.25) is 14.3 Å². The molecule has 1 fully saturated rings. The van der Waals surface area contributed by atoms with Gasteiger partial charge in [0, 0.05) is 24.4 Å². The van der Waals surface area contributed by atoms with Crippen LogP contribution in [0, 0.1) is 11.6 Å². The number of carbonyl (C=O) groups is 2. The lowest BCUT2D eigenvalue weighted by atomic mass is 9.97. The number of amides is 1. The molecule has 1 aromatic carbocycles. The highest BCUT2D eigenvalue weighted by Gasteiger charge is 2.28. The lowest BCUT2D eigenvalue weighted by molar-refractivity contribution is -0.133. The predicted octanol–water partition coefficient (Wildman–Crippen LogP) is 5.80. The van der Waals surface area contributed by atoms with Crippen molar-refractivity contribution < 1.29 is 35.9 Å². The number of nitrogens with zero attached hydrogens (tertiary/aromatic N) is 4. The highest BCUT2D eigenvalue weighted by molar-refractivity contribution is 7.09. The summed E-state index contributed by atoms with van der Waals surface area (Å²) in [6.45, 7) is 0.0540. The van der Waals surface area contributed by atoms with Crippen LogP contribution in [0.25, 0.3) is 6.08 Å². The van der Waals surface area contributed by atoms with Gasteiger partial charge in [0.1, 0.15) is 29.6 Å². The second kappa shape index (κ2) is 11.3. The van der Waals surface area contributed by atoms with Crippen LogP contribution in [0.5, 0.6) is 0 Å². The molecule has 4 rings (SSSR count). The largest absolute Gasteiger partial charge is 0.341 e. The molecule has 1 amide bonds. The van der Waals surface area contributed by atoms with Gasteiger partial charge in [-0.1, -0.05) is 6.07 Å². The number of hydrogen-bond donors (Lipinski definition) is 0. The van der Waals surface area contributed by atoms with Gasteiger partial charge in [0.05, 0.1) is 16.3 Å². The minimum Gasteiger partial charge on any atom is -0.341 e. The van der Waals surface area contributed by atoms with Gasteiger partial charge in [0.2, 0.25) is 5.91 Å². The van der Waals surface area contributed by atoms with Gasteiger partial charge >= 0.3 is 0 Å². The molecule has 13 heteroatoms. The summed E-state index contributed by atoms with van der Waals surface area (Å²) in [4.78, 5) is 30.7. The van der Waals surface area contributed by atoms with Crippen molar-refractivity contribution in [2.75, 3.05) is 13.1 Å². The summed E-state index contributed by atoms with van der Waals surface area (Å²) in [5.74, 6) is -3.25. The topological polar surface area (TPSA) is 68.1 Å². The highest BCUT2D eigenvalue weighted by Crippen LogP contribution is 2.31. The normalized spacial score (nSPS) is 14.9. The van der Waals surface area contributed by atoms with E-state index in [1.807, 2.05) is 0 Å². The molecule has 1 aliphatic heterocycles. The second-order valence-corrected chi connectivity index (χ2v) is 9.20. The van der Waals surface area contributed by atoms with E-state index in [1.54, 1.807) is 5.38 Å². The first-order valence-corrected chi connectivity index (χ1v) is 12.1. The molecule has 0 unspecified atom stereocenters. The Morgan fingerprint density at radius 1 is 1.08 bits per heavy atom. The van der Waals surface area contributed by atoms with Crippen molar-refractivity contribution in [3.63, 3.8) is 0 Å². The van der Waals surface area contributed by atoms with Gasteiger partial charge in [-0.15, -0.1) is 11.3 Å². The maximum Gasteiger partial charge on any atom is 0.282 e. The lowest BCUT2D eigenvalue weighted by Gasteiger charge is -2.31. The first-order chi connectivity index (χ1) is 17.6. The number of benzene rings is 1. The number of halogens is 6. The number of rotatable bonds is 8. The summed E-state index contributed by atoms with van der Waals surface area (Å²) in [6.07, 6.45) is -2.60. The highest BCUT2D eigenvalue weighted by atomic mass is 32.1. The number of hydrogen-bond acceptors (Lipinski definition) is 5. The second-order valence-electron chi connectivity index (χ2n) is 8.31. The van der Waals surface area contributed by atoms with E-state index in [4.69, 9.17) is 0 Å². The zero-order valence-corrected chi connectivity index (χ0v) is 19.9. The Balaban J connectivity index is 1.34. The Hall–Kier alpha value is -3.48. The molecule has 0 aliphatic carbocycles. The first-order valence-electron chi connectivity index (χ1n) is 11.2. The van der Waals surface area contributed by atoms with E-state index >= 15 is 0 Å². The molecule has 196 valence electrons. The van der Waals surface area contributed by atoms with Crippen molar-refractivity contribution in [1.29, 1.82) is 0 Å². The average Bonchev–Trinajstić information content (AvgIpc) is 3.50. The monoisotopic (exact) mass is 542 g/mol. The Bertz CT molecular complexity index is 1290. The van der Waals surface area contributed by atoms with Crippen molar-refractivity contribution in [1.82, 2.24) is 19.7 Å². The lowest BCUT2D eigenvalue weighted by Crippen LogP contribution is -2.40. The number of thiazole rings is 1. The quantitative estimate of drug-likeness (QED) is 0.205. The van der Waals surface area contributed by atoms with Crippen LogP contribution in [-0.2, 0) is 11.3 Å². The van der Waals surface area contributed by atoms with E-state index in [1.165, 1.54) is 22.3 Å². The molecule has 3 aromatic rings. The Kier molecular flexibility index (Phi) is 8.10. The first kappa shape index (κ1) is 26.6. The number of aromatic nitrogens is 3. The van der Waals surface area contributed by atoms with Crippen molar-refractivity contribution >= 4 is 29.1 Å². The van der Waals surface area contributed by atoms with E-state index in [0.717, 1.165) is 29.3 Å². The zero-order chi connectivity index (χ0) is 26.7. The fourth-order valence-electron chi connectivity index (χ4n) is 4.01. The SMILES string of the molecule is O=C(C=Cc1csc(C2CCN(C(=O)Cn3nc(C(F)F)cc3C(F)F)CC2)n1)c1c(F)cccc1F. The van der Waals surface area contributed by atoms with Gasteiger partial charge in [-0.25, -0.2) is 31.3 Å². The van der Waals surface area contributed by atoms with Gasteiger partial charge < -0.3 is 4.90 Å². The van der Waals surface area contributed by atoms with Crippen LogP contribution in [-0.4, -0.2) is 44.4 Å². The molecule has 0 saturated carbocycles. The molecule has 3 heterocycles. The van der Waals surface area contributed by atoms with E-state index in [-0.39, 0.29) is 5.92 Å². The van der Waals surface area contributed by atoms with E-state index in [9.17, 15) is 35.9 Å². The molecule has 0 radical (unpaired) electrons. The van der Waals surface area contributed by atoms with Crippen LogP contribution in [0.1, 0.15) is 64.1 Å². The maximum atomic E-state index is 13.8. The fraction of sp³-hybridized carbons (Fsp3) is 0.333. The smallest absolute Gasteiger partial charge is 0.282 e. The number of ketones is 1. The van der Waals surface area contributed by atoms with Crippen LogP contribution in [0.15, 0.2) is 35.7 Å². The van der Waals surface area contributed by atoms with Crippen molar-refractivity contribution in [2.24, 2.45) is 0 Å². The molecular formula is C24H20F6N4O2S. The zero-order valence-electron chi connectivity index (χ0n) is 19.1. The van der Waals surface area contributed by atoms with Crippen molar-refractivity contribution in [3.8, 4) is 0 Å². The Morgan fingerprint density at radius 3 is 2.38 bits per heavy atom. The number of likely N-dealkylation sites (tertiary alicyclic amines) is 1. The summed E-state index contributed by atoms with van der Waals surface area (Å²) < 4.78 is 80.2. The molecule has 0 atom stereocenters. The number of alkyl halides is 4. The Morgan fingerprint density at radius 2 is 1.76 bits per heavy atom. The minimum atomic E-state index is -3.05. The van der Waals surface area contributed by atoms with Crippen LogP contribution < -0.4 is 0 Å². The van der Waals surface area contributed by atoms with Crippen LogP contribution in [0.4, 0.5) is 26.3 Å². The van der Waals surface area contributed by atoms with Crippen molar-refractivity contribution in [3.05, 3.63) is 75.0 Å². The summed E-state index contributed by atoms with van der Waals surface area (Å²) in [7, 11) is 0. The van der Waals surface area contributed by atoms with Crippen LogP contribution in [0.2, 0.25) is 0 Å². The standard InChI is InChI=1S/C24H20F6N4O2S/c25-15-2-1-3-16(26)21(15)19(35)5-4-14-12-37-24(31-14)13-6-8-33(9-7-13)20(36)11-34-18(23(29)30)10-17(32-34)22(27)28/h1-5,10,12-13,22-23H,6-9,11H2. The molecule has 0 spiro atoms. The molecule has 2 aromatic heterocycles. The van der Waals surface area contributed by atoms with Crippen LogP contribution >= 0.6 is 11.3 Å². The maximum absolute atomic E-state index is 13.8. The minimum absolute atomic E-state index is 0.00248. The van der Waals surface area contributed by atoms with E-state index < -0.39 is 59.7 Å². The van der Waals surface area contributed by atoms with E-state index in [0.29, 0.717) is 42.4 Å². The number of piperidine rings is 1. The molecule has 0 bridgehead atoms. The number of carbonyl (C=O) groups excluding carboxylic acids is 2. The average molecular weight is 543 g/mol. The van der Waals surface area contributed by atoms with Gasteiger partial charge in [-0.05, 0) is 43.2 Å². The molecule has 1 saturated heterocycles. The summed E-state index contributed by atoms with van der Waals surface area (Å²) in [5.41, 5.74) is -1.75. The third-order valence-electron chi connectivity index (χ3n) is 5.91.